The molecular formula is C16H16N2O2. The zero-order valence-corrected chi connectivity index (χ0v) is 11.2. The maximum absolute atomic E-state index is 11.3. The van der Waals surface area contributed by atoms with Gasteiger partial charge in [-0.1, -0.05) is 30.3 Å². The molecule has 4 nitrogen and oxygen atoms in total. The molecule has 0 bridgehead atoms. The van der Waals surface area contributed by atoms with E-state index in [1.54, 1.807) is 12.3 Å². The van der Waals surface area contributed by atoms with Gasteiger partial charge in [-0.3, -0.25) is 0 Å². The molecule has 0 aliphatic rings. The van der Waals surface area contributed by atoms with Gasteiger partial charge in [0.2, 0.25) is 0 Å². The van der Waals surface area contributed by atoms with E-state index in [1.807, 2.05) is 43.3 Å². The van der Waals surface area contributed by atoms with Crippen LogP contribution in [0, 0.1) is 6.92 Å². The van der Waals surface area contributed by atoms with Crippen molar-refractivity contribution in [2.75, 3.05) is 5.73 Å². The monoisotopic (exact) mass is 268 g/mol. The van der Waals surface area contributed by atoms with Gasteiger partial charge in [-0.25, -0.2) is 9.78 Å². The number of aliphatic carboxylic acids is 1. The first kappa shape index (κ1) is 13.8. The largest absolute Gasteiger partial charge is 0.478 e. The minimum absolute atomic E-state index is 0.321. The summed E-state index contributed by atoms with van der Waals surface area (Å²) in [5.74, 6) is -0.467. The van der Waals surface area contributed by atoms with Gasteiger partial charge in [-0.2, -0.15) is 0 Å². The summed E-state index contributed by atoms with van der Waals surface area (Å²) < 4.78 is 0. The summed E-state index contributed by atoms with van der Waals surface area (Å²) in [6.45, 7) is 1.84. The molecule has 102 valence electrons. The number of aryl methyl sites for hydroxylation is 1. The highest BCUT2D eigenvalue weighted by molar-refractivity contribution is 5.92. The number of benzene rings is 1. The molecule has 1 aromatic heterocycles. The Bertz CT molecular complexity index is 649. The van der Waals surface area contributed by atoms with Crippen LogP contribution in [0.5, 0.6) is 0 Å². The second-order valence-corrected chi connectivity index (χ2v) is 4.61. The summed E-state index contributed by atoms with van der Waals surface area (Å²) in [5, 5.41) is 9.31. The van der Waals surface area contributed by atoms with Gasteiger partial charge < -0.3 is 10.8 Å². The lowest BCUT2D eigenvalue weighted by Gasteiger charge is -2.05. The molecule has 0 saturated carbocycles. The second-order valence-electron chi connectivity index (χ2n) is 4.61. The summed E-state index contributed by atoms with van der Waals surface area (Å²) >= 11 is 0. The SMILES string of the molecule is Cc1cc(C=C(Cc2ccccc2)C(=O)O)cnc1N. The fourth-order valence-electron chi connectivity index (χ4n) is 1.89. The van der Waals surface area contributed by atoms with Crippen LogP contribution in [0.1, 0.15) is 16.7 Å². The van der Waals surface area contributed by atoms with Crippen molar-refractivity contribution in [3.05, 3.63) is 64.9 Å². The van der Waals surface area contributed by atoms with Gasteiger partial charge in [0.1, 0.15) is 5.82 Å². The highest BCUT2D eigenvalue weighted by Gasteiger charge is 2.09. The van der Waals surface area contributed by atoms with Crippen molar-refractivity contribution >= 4 is 17.9 Å². The third kappa shape index (κ3) is 3.45. The molecule has 1 heterocycles. The Hall–Kier alpha value is -2.62. The lowest BCUT2D eigenvalue weighted by atomic mass is 10.0. The first-order valence-electron chi connectivity index (χ1n) is 6.26. The number of aromatic nitrogens is 1. The lowest BCUT2D eigenvalue weighted by molar-refractivity contribution is -0.132. The topological polar surface area (TPSA) is 76.2 Å². The third-order valence-electron chi connectivity index (χ3n) is 2.99. The highest BCUT2D eigenvalue weighted by atomic mass is 16.4. The van der Waals surface area contributed by atoms with Crippen molar-refractivity contribution in [2.45, 2.75) is 13.3 Å². The van der Waals surface area contributed by atoms with Crippen LogP contribution in [0.3, 0.4) is 0 Å². The molecule has 0 aliphatic carbocycles. The standard InChI is InChI=1S/C16H16N2O2/c1-11-7-13(10-18-15(11)17)9-14(16(19)20)8-12-5-3-2-4-6-12/h2-7,9-10H,8H2,1H3,(H2,17,18)(H,19,20). The van der Waals surface area contributed by atoms with Crippen LogP contribution in [0.2, 0.25) is 0 Å². The van der Waals surface area contributed by atoms with Crippen LogP contribution in [0.25, 0.3) is 6.08 Å². The third-order valence-corrected chi connectivity index (χ3v) is 2.99. The number of nitrogens with zero attached hydrogens (tertiary/aromatic N) is 1. The quantitative estimate of drug-likeness (QED) is 0.836. The molecule has 2 rings (SSSR count). The predicted molar refractivity (Wildman–Crippen MR) is 79.1 cm³/mol. The van der Waals surface area contributed by atoms with Gasteiger partial charge in [-0.05, 0) is 35.8 Å². The second kappa shape index (κ2) is 6.02. The van der Waals surface area contributed by atoms with Crippen LogP contribution >= 0.6 is 0 Å². The summed E-state index contributed by atoms with van der Waals surface area (Å²) in [4.78, 5) is 15.4. The van der Waals surface area contributed by atoms with E-state index in [0.29, 0.717) is 17.8 Å². The highest BCUT2D eigenvalue weighted by Crippen LogP contribution is 2.15. The first-order chi connectivity index (χ1) is 9.56. The predicted octanol–water partition coefficient (Wildman–Crippen LogP) is 2.68. The van der Waals surface area contributed by atoms with Gasteiger partial charge in [-0.15, -0.1) is 0 Å². The molecule has 3 N–H and O–H groups in total. The van der Waals surface area contributed by atoms with Gasteiger partial charge in [0.25, 0.3) is 0 Å². The molecule has 1 aromatic carbocycles. The van der Waals surface area contributed by atoms with E-state index in [0.717, 1.165) is 16.7 Å². The number of anilines is 1. The van der Waals surface area contributed by atoms with Gasteiger partial charge in [0.15, 0.2) is 0 Å². The molecule has 0 atom stereocenters. The Morgan fingerprint density at radius 3 is 2.65 bits per heavy atom. The Morgan fingerprint density at radius 2 is 2.05 bits per heavy atom. The number of hydrogen-bond acceptors (Lipinski definition) is 3. The van der Waals surface area contributed by atoms with Crippen molar-refractivity contribution in [2.24, 2.45) is 0 Å². The fourth-order valence-corrected chi connectivity index (χ4v) is 1.89. The number of carboxylic acids is 1. The Morgan fingerprint density at radius 1 is 1.35 bits per heavy atom. The minimum atomic E-state index is -0.927. The van der Waals surface area contributed by atoms with Crippen molar-refractivity contribution in [1.82, 2.24) is 4.98 Å². The molecule has 0 amide bonds. The van der Waals surface area contributed by atoms with Crippen molar-refractivity contribution in [1.29, 1.82) is 0 Å². The van der Waals surface area contributed by atoms with E-state index in [1.165, 1.54) is 0 Å². The van der Waals surface area contributed by atoms with Gasteiger partial charge in [0.05, 0.1) is 0 Å². The molecule has 0 saturated heterocycles. The Labute approximate surface area is 117 Å². The normalized spacial score (nSPS) is 11.3. The number of nitrogen functional groups attached to an aromatic ring is 1. The molecule has 0 spiro atoms. The van der Waals surface area contributed by atoms with Crippen molar-refractivity contribution < 1.29 is 9.90 Å². The van der Waals surface area contributed by atoms with E-state index in [4.69, 9.17) is 5.73 Å². The number of nitrogens with two attached hydrogens (primary N) is 1. The van der Waals surface area contributed by atoms with Crippen molar-refractivity contribution in [3.63, 3.8) is 0 Å². The van der Waals surface area contributed by atoms with Gasteiger partial charge >= 0.3 is 5.97 Å². The maximum atomic E-state index is 11.3. The summed E-state index contributed by atoms with van der Waals surface area (Å²) in [6, 6.07) is 11.3. The number of rotatable bonds is 4. The van der Waals surface area contributed by atoms with Crippen LogP contribution in [0.15, 0.2) is 48.2 Å². The zero-order valence-electron chi connectivity index (χ0n) is 11.2. The van der Waals surface area contributed by atoms with Crippen LogP contribution in [-0.4, -0.2) is 16.1 Å². The first-order valence-corrected chi connectivity index (χ1v) is 6.26. The number of carboxylic acid groups (broad SMARTS) is 1. The summed E-state index contributed by atoms with van der Waals surface area (Å²) in [5.41, 5.74) is 8.51. The molecular weight excluding hydrogens is 252 g/mol. The maximum Gasteiger partial charge on any atom is 0.331 e. The molecule has 0 unspecified atom stereocenters. The van der Waals surface area contributed by atoms with Crippen molar-refractivity contribution in [3.8, 4) is 0 Å². The molecule has 0 fully saturated rings. The van der Waals surface area contributed by atoms with E-state index in [2.05, 4.69) is 4.98 Å². The molecule has 20 heavy (non-hydrogen) atoms. The zero-order chi connectivity index (χ0) is 14.5. The Balaban J connectivity index is 2.30. The van der Waals surface area contributed by atoms with Gasteiger partial charge in [0, 0.05) is 18.2 Å². The molecule has 4 heteroatoms. The van der Waals surface area contributed by atoms with Crippen LogP contribution in [0.4, 0.5) is 5.82 Å². The smallest absolute Gasteiger partial charge is 0.331 e. The van der Waals surface area contributed by atoms with E-state index >= 15 is 0 Å². The average molecular weight is 268 g/mol. The lowest BCUT2D eigenvalue weighted by Crippen LogP contribution is -2.04. The summed E-state index contributed by atoms with van der Waals surface area (Å²) in [7, 11) is 0. The molecule has 2 aromatic rings. The van der Waals surface area contributed by atoms with E-state index in [-0.39, 0.29) is 0 Å². The number of pyridine rings is 1. The van der Waals surface area contributed by atoms with Crippen LogP contribution in [-0.2, 0) is 11.2 Å². The van der Waals surface area contributed by atoms with E-state index in [9.17, 15) is 9.90 Å². The number of carbonyl (C=O) groups is 1. The number of hydrogen-bond donors (Lipinski definition) is 2. The minimum Gasteiger partial charge on any atom is -0.478 e. The molecule has 0 radical (unpaired) electrons. The summed E-state index contributed by atoms with van der Waals surface area (Å²) in [6.07, 6.45) is 3.59. The van der Waals surface area contributed by atoms with Crippen LogP contribution < -0.4 is 5.73 Å². The Kier molecular flexibility index (Phi) is 4.15. The molecule has 0 aliphatic heterocycles. The van der Waals surface area contributed by atoms with E-state index < -0.39 is 5.97 Å². The average Bonchev–Trinajstić information content (AvgIpc) is 2.43. The fraction of sp³-hybridized carbons (Fsp3) is 0.125.